The monoisotopic (exact) mass is 480 g/mol. The van der Waals surface area contributed by atoms with E-state index in [1.54, 1.807) is 6.08 Å². The van der Waals surface area contributed by atoms with E-state index in [9.17, 15) is 13.2 Å². The molecule has 0 atom stereocenters. The fourth-order valence-corrected chi connectivity index (χ4v) is 4.96. The highest BCUT2D eigenvalue weighted by Crippen LogP contribution is 2.42. The summed E-state index contributed by atoms with van der Waals surface area (Å²) in [4.78, 5) is 7.99. The van der Waals surface area contributed by atoms with Crippen LogP contribution in [-0.2, 0) is 0 Å². The fraction of sp³-hybridized carbons (Fsp3) is 0. The number of hydrogen-bond donors (Lipinski definition) is 0. The SMILES string of the molecule is Fc1ccnc(-c2nnc3c(c2-c2nccc(F)c2F)-c2ccc4c(c2=C3)=Cc2ccccc2-4)c1F. The molecule has 8 heteroatoms. The number of nitrogens with zero attached hydrogens (tertiary/aromatic N) is 4. The van der Waals surface area contributed by atoms with Crippen LogP contribution in [0.5, 0.6) is 0 Å². The summed E-state index contributed by atoms with van der Waals surface area (Å²) in [6.45, 7) is 0. The van der Waals surface area contributed by atoms with E-state index in [1.807, 2.05) is 36.4 Å². The molecule has 0 saturated carbocycles. The molecule has 2 aromatic carbocycles. The molecule has 7 rings (SSSR count). The lowest BCUT2D eigenvalue weighted by Gasteiger charge is -2.14. The first kappa shape index (κ1) is 20.6. The lowest BCUT2D eigenvalue weighted by Crippen LogP contribution is -2.25. The Balaban J connectivity index is 1.59. The Labute approximate surface area is 201 Å². The van der Waals surface area contributed by atoms with Gasteiger partial charge < -0.3 is 0 Å². The van der Waals surface area contributed by atoms with E-state index in [0.29, 0.717) is 16.8 Å². The summed E-state index contributed by atoms with van der Waals surface area (Å²) in [7, 11) is 0. The third-order valence-corrected chi connectivity index (χ3v) is 6.53. The molecule has 0 bridgehead atoms. The van der Waals surface area contributed by atoms with Gasteiger partial charge in [-0.2, -0.15) is 0 Å². The summed E-state index contributed by atoms with van der Waals surface area (Å²) in [6.07, 6.45) is 6.03. The van der Waals surface area contributed by atoms with E-state index in [1.165, 1.54) is 0 Å². The van der Waals surface area contributed by atoms with Crippen molar-refractivity contribution in [2.45, 2.75) is 0 Å². The van der Waals surface area contributed by atoms with Gasteiger partial charge in [0.2, 0.25) is 0 Å². The molecule has 0 N–H and O–H groups in total. The molecule has 5 aromatic rings. The minimum atomic E-state index is -1.27. The van der Waals surface area contributed by atoms with Gasteiger partial charge in [-0.05, 0) is 57.0 Å². The molecule has 0 amide bonds. The van der Waals surface area contributed by atoms with Crippen molar-refractivity contribution in [2.24, 2.45) is 0 Å². The van der Waals surface area contributed by atoms with Crippen LogP contribution in [0.3, 0.4) is 0 Å². The van der Waals surface area contributed by atoms with Gasteiger partial charge in [0.25, 0.3) is 0 Å². The first-order valence-corrected chi connectivity index (χ1v) is 11.0. The molecule has 3 aromatic heterocycles. The highest BCUT2D eigenvalue weighted by atomic mass is 19.2. The zero-order chi connectivity index (χ0) is 24.6. The number of halogens is 4. The summed E-state index contributed by atoms with van der Waals surface area (Å²) >= 11 is 0. The van der Waals surface area contributed by atoms with Gasteiger partial charge in [0.05, 0.1) is 5.69 Å². The van der Waals surface area contributed by atoms with Crippen LogP contribution in [-0.4, -0.2) is 20.2 Å². The van der Waals surface area contributed by atoms with E-state index in [2.05, 4.69) is 26.2 Å². The molecule has 0 spiro atoms. The van der Waals surface area contributed by atoms with Crippen LogP contribution in [0.2, 0.25) is 0 Å². The average molecular weight is 480 g/mol. The van der Waals surface area contributed by atoms with Crippen molar-refractivity contribution < 1.29 is 17.6 Å². The van der Waals surface area contributed by atoms with Crippen molar-refractivity contribution in [1.29, 1.82) is 0 Å². The van der Waals surface area contributed by atoms with E-state index >= 15 is 4.39 Å². The number of fused-ring (bicyclic) bond motifs is 7. The summed E-state index contributed by atoms with van der Waals surface area (Å²) in [6, 6.07) is 13.5. The van der Waals surface area contributed by atoms with Gasteiger partial charge >= 0.3 is 0 Å². The van der Waals surface area contributed by atoms with Gasteiger partial charge in [-0.15, -0.1) is 10.2 Å². The van der Waals surface area contributed by atoms with Crippen molar-refractivity contribution in [3.8, 4) is 44.9 Å². The van der Waals surface area contributed by atoms with Crippen LogP contribution in [0, 0.1) is 23.3 Å². The third kappa shape index (κ3) is 2.75. The highest BCUT2D eigenvalue weighted by molar-refractivity contribution is 5.98. The van der Waals surface area contributed by atoms with Crippen molar-refractivity contribution in [3.05, 3.63) is 106 Å². The molecule has 0 radical (unpaired) electrons. The number of hydrogen-bond acceptors (Lipinski definition) is 4. The van der Waals surface area contributed by atoms with Crippen LogP contribution in [0.4, 0.5) is 17.6 Å². The molecular formula is C28H12F4N4. The van der Waals surface area contributed by atoms with Crippen LogP contribution in [0.15, 0.2) is 60.9 Å². The predicted molar refractivity (Wildman–Crippen MR) is 126 cm³/mol. The summed E-state index contributed by atoms with van der Waals surface area (Å²) in [5.41, 5.74) is 3.48. The predicted octanol–water partition coefficient (Wildman–Crippen LogP) is 4.78. The molecule has 36 heavy (non-hydrogen) atoms. The average Bonchev–Trinajstić information content (AvgIpc) is 3.45. The quantitative estimate of drug-likeness (QED) is 0.335. The van der Waals surface area contributed by atoms with Gasteiger partial charge in [-0.25, -0.2) is 17.6 Å². The molecular weight excluding hydrogens is 468 g/mol. The number of aromatic nitrogens is 4. The zero-order valence-corrected chi connectivity index (χ0v) is 18.2. The molecule has 2 aliphatic rings. The molecule has 172 valence electrons. The number of rotatable bonds is 2. The second kappa shape index (κ2) is 7.39. The van der Waals surface area contributed by atoms with Crippen molar-refractivity contribution in [1.82, 2.24) is 20.2 Å². The molecule has 2 aliphatic carbocycles. The normalized spacial score (nSPS) is 12.3. The summed E-state index contributed by atoms with van der Waals surface area (Å²) < 4.78 is 58.4. The van der Waals surface area contributed by atoms with E-state index in [0.717, 1.165) is 51.7 Å². The third-order valence-electron chi connectivity index (χ3n) is 6.53. The van der Waals surface area contributed by atoms with Crippen LogP contribution < -0.4 is 10.4 Å². The topological polar surface area (TPSA) is 51.6 Å². The van der Waals surface area contributed by atoms with E-state index < -0.39 is 34.7 Å². The highest BCUT2D eigenvalue weighted by Gasteiger charge is 2.30. The largest absolute Gasteiger partial charge is 0.253 e. The molecule has 4 nitrogen and oxygen atoms in total. The van der Waals surface area contributed by atoms with Gasteiger partial charge in [-0.3, -0.25) is 9.97 Å². The maximum atomic E-state index is 15.1. The number of pyridine rings is 2. The molecule has 0 unspecified atom stereocenters. The minimum Gasteiger partial charge on any atom is -0.253 e. The summed E-state index contributed by atoms with van der Waals surface area (Å²) in [5.74, 6) is -4.80. The van der Waals surface area contributed by atoms with Crippen LogP contribution >= 0.6 is 0 Å². The van der Waals surface area contributed by atoms with E-state index in [-0.39, 0.29) is 11.3 Å². The Kier molecular flexibility index (Phi) is 4.23. The Morgan fingerprint density at radius 1 is 0.528 bits per heavy atom. The first-order valence-electron chi connectivity index (χ1n) is 11.0. The maximum absolute atomic E-state index is 15.1. The Hall–Kier alpha value is -4.72. The molecule has 0 aliphatic heterocycles. The second-order valence-corrected chi connectivity index (χ2v) is 8.46. The van der Waals surface area contributed by atoms with Gasteiger partial charge in [0.1, 0.15) is 17.1 Å². The number of benzene rings is 2. The van der Waals surface area contributed by atoms with Crippen molar-refractivity contribution in [3.63, 3.8) is 0 Å². The van der Waals surface area contributed by atoms with Gasteiger partial charge in [-0.1, -0.05) is 36.4 Å². The van der Waals surface area contributed by atoms with Crippen molar-refractivity contribution >= 4 is 12.2 Å². The van der Waals surface area contributed by atoms with Crippen LogP contribution in [0.25, 0.3) is 57.1 Å². The molecule has 0 saturated heterocycles. The Bertz CT molecular complexity index is 1900. The zero-order valence-electron chi connectivity index (χ0n) is 18.2. The van der Waals surface area contributed by atoms with Gasteiger partial charge in [0, 0.05) is 23.5 Å². The van der Waals surface area contributed by atoms with Crippen LogP contribution in [0.1, 0.15) is 11.3 Å². The molecule has 0 fully saturated rings. The minimum absolute atomic E-state index is 0.0144. The van der Waals surface area contributed by atoms with Crippen molar-refractivity contribution in [2.75, 3.05) is 0 Å². The standard InChI is InChI=1S/C28H12F4N4/c29-19-7-9-33-26(24(19)31)23-22-16-6-5-15-14-4-2-1-3-13(14)11-17(15)18(16)12-21(22)35-36-27(23)28-25(32)20(30)8-10-34-28/h1-12H. The second-order valence-electron chi connectivity index (χ2n) is 8.46. The lowest BCUT2D eigenvalue weighted by atomic mass is 9.94. The maximum Gasteiger partial charge on any atom is 0.186 e. The summed E-state index contributed by atoms with van der Waals surface area (Å²) in [5, 5.41) is 10.1. The fourth-order valence-electron chi connectivity index (χ4n) is 4.96. The Morgan fingerprint density at radius 2 is 1.19 bits per heavy atom. The molecule has 3 heterocycles. The van der Waals surface area contributed by atoms with Gasteiger partial charge in [0.15, 0.2) is 23.3 Å². The Morgan fingerprint density at radius 3 is 2.00 bits per heavy atom. The first-order chi connectivity index (χ1) is 17.5. The lowest BCUT2D eigenvalue weighted by molar-refractivity contribution is 0.505. The van der Waals surface area contributed by atoms with E-state index in [4.69, 9.17) is 0 Å². The smallest absolute Gasteiger partial charge is 0.186 e.